The summed E-state index contributed by atoms with van der Waals surface area (Å²) >= 11 is 0. The lowest BCUT2D eigenvalue weighted by Gasteiger charge is -2.34. The summed E-state index contributed by atoms with van der Waals surface area (Å²) in [5, 5.41) is 5.95. The van der Waals surface area contributed by atoms with Crippen LogP contribution < -0.4 is 10.6 Å². The van der Waals surface area contributed by atoms with Crippen LogP contribution in [0.1, 0.15) is 29.7 Å². The fourth-order valence-electron chi connectivity index (χ4n) is 3.80. The molecule has 1 atom stereocenters. The van der Waals surface area contributed by atoms with Gasteiger partial charge in [0.15, 0.2) is 0 Å². The van der Waals surface area contributed by atoms with Crippen LogP contribution in [-0.2, 0) is 16.0 Å². The molecule has 0 saturated carbocycles. The maximum Gasteiger partial charge on any atom is 0.236 e. The maximum atomic E-state index is 13.9. The highest BCUT2D eigenvalue weighted by atomic mass is 19.1. The summed E-state index contributed by atoms with van der Waals surface area (Å²) in [4.78, 5) is 28.2. The average molecular weight is 427 g/mol. The number of benzene rings is 2. The first-order chi connectivity index (χ1) is 15.0. The number of hydrogen-bond donors (Lipinski definition) is 2. The summed E-state index contributed by atoms with van der Waals surface area (Å²) in [5.74, 6) is -0.312. The van der Waals surface area contributed by atoms with Crippen LogP contribution in [0.5, 0.6) is 0 Å². The number of carbonyl (C=O) groups is 2. The van der Waals surface area contributed by atoms with Gasteiger partial charge in [0, 0.05) is 33.2 Å². The molecule has 1 aliphatic rings. The topological polar surface area (TPSA) is 64.7 Å². The minimum absolute atomic E-state index is 0.00572. The molecule has 1 aliphatic heterocycles. The Morgan fingerprint density at radius 2 is 1.74 bits per heavy atom. The Morgan fingerprint density at radius 1 is 1.03 bits per heavy atom. The zero-order chi connectivity index (χ0) is 22.2. The van der Waals surface area contributed by atoms with E-state index < -0.39 is 0 Å². The fourth-order valence-corrected chi connectivity index (χ4v) is 3.80. The Labute approximate surface area is 183 Å². The van der Waals surface area contributed by atoms with Gasteiger partial charge in [0.25, 0.3) is 0 Å². The van der Waals surface area contributed by atoms with Crippen molar-refractivity contribution < 1.29 is 14.0 Å². The summed E-state index contributed by atoms with van der Waals surface area (Å²) in [7, 11) is 1.62. The van der Waals surface area contributed by atoms with Gasteiger partial charge in [0.1, 0.15) is 5.82 Å². The van der Waals surface area contributed by atoms with E-state index >= 15 is 0 Å². The average Bonchev–Trinajstić information content (AvgIpc) is 2.80. The number of nitrogens with one attached hydrogen (secondary N) is 2. The van der Waals surface area contributed by atoms with Crippen molar-refractivity contribution >= 4 is 11.8 Å². The van der Waals surface area contributed by atoms with E-state index in [9.17, 15) is 14.0 Å². The lowest BCUT2D eigenvalue weighted by molar-refractivity contribution is -0.132. The summed E-state index contributed by atoms with van der Waals surface area (Å²) in [6.45, 7) is 5.14. The zero-order valence-electron chi connectivity index (χ0n) is 18.2. The lowest BCUT2D eigenvalue weighted by Crippen LogP contribution is -2.52. The van der Waals surface area contributed by atoms with Crippen molar-refractivity contribution in [3.05, 3.63) is 71.0 Å². The molecule has 0 spiro atoms. The monoisotopic (exact) mass is 426 g/mol. The number of likely N-dealkylation sites (N-methyl/N-ethyl adjacent to an activating group) is 1. The molecular formula is C24H31FN4O2. The molecule has 2 N–H and O–H groups in total. The van der Waals surface area contributed by atoms with E-state index in [2.05, 4.69) is 29.7 Å². The van der Waals surface area contributed by atoms with Crippen LogP contribution >= 0.6 is 0 Å². The molecule has 0 unspecified atom stereocenters. The van der Waals surface area contributed by atoms with Gasteiger partial charge in [-0.15, -0.1) is 0 Å². The van der Waals surface area contributed by atoms with Gasteiger partial charge >= 0.3 is 0 Å². The number of aryl methyl sites for hydroxylation is 1. The molecule has 0 bridgehead atoms. The molecule has 2 aromatic rings. The van der Waals surface area contributed by atoms with E-state index in [1.165, 1.54) is 17.7 Å². The van der Waals surface area contributed by atoms with E-state index in [1.807, 2.05) is 28.0 Å². The van der Waals surface area contributed by atoms with Crippen LogP contribution in [0.25, 0.3) is 0 Å². The first-order valence-corrected chi connectivity index (χ1v) is 10.8. The van der Waals surface area contributed by atoms with Crippen LogP contribution in [0.4, 0.5) is 4.39 Å². The summed E-state index contributed by atoms with van der Waals surface area (Å²) in [5.41, 5.74) is 3.01. The third-order valence-corrected chi connectivity index (χ3v) is 5.73. The smallest absolute Gasteiger partial charge is 0.236 e. The second-order valence-electron chi connectivity index (χ2n) is 7.79. The first kappa shape index (κ1) is 22.9. The molecule has 2 aromatic carbocycles. The van der Waals surface area contributed by atoms with Crippen LogP contribution in [-0.4, -0.2) is 67.9 Å². The molecular weight excluding hydrogens is 395 g/mol. The number of carbonyl (C=O) groups excluding carboxylic acids is 2. The van der Waals surface area contributed by atoms with Crippen molar-refractivity contribution in [2.24, 2.45) is 0 Å². The molecule has 166 valence electrons. The first-order valence-electron chi connectivity index (χ1n) is 10.8. The number of amides is 2. The molecule has 1 saturated heterocycles. The number of rotatable bonds is 8. The van der Waals surface area contributed by atoms with E-state index in [0.29, 0.717) is 32.7 Å². The fraction of sp³-hybridized carbons (Fsp3) is 0.417. The molecule has 0 aliphatic carbocycles. The third kappa shape index (κ3) is 6.35. The maximum absolute atomic E-state index is 13.9. The van der Waals surface area contributed by atoms with Crippen LogP contribution in [0, 0.1) is 5.82 Å². The third-order valence-electron chi connectivity index (χ3n) is 5.73. The number of piperazine rings is 1. The molecule has 31 heavy (non-hydrogen) atoms. The summed E-state index contributed by atoms with van der Waals surface area (Å²) < 4.78 is 13.9. The SMILES string of the molecule is CCc1ccc([C@@H](NCC(=O)N2CCN(CC(=O)NC)CC2)c2cccc(F)c2)cc1. The van der Waals surface area contributed by atoms with Crippen molar-refractivity contribution in [2.75, 3.05) is 46.3 Å². The minimum Gasteiger partial charge on any atom is -0.358 e. The molecule has 1 fully saturated rings. The predicted molar refractivity (Wildman–Crippen MR) is 119 cm³/mol. The molecule has 6 nitrogen and oxygen atoms in total. The van der Waals surface area contributed by atoms with E-state index in [-0.39, 0.29) is 30.2 Å². The number of halogens is 1. The Kier molecular flexibility index (Phi) is 8.14. The van der Waals surface area contributed by atoms with E-state index in [1.54, 1.807) is 13.1 Å². The molecule has 0 aromatic heterocycles. The van der Waals surface area contributed by atoms with Crippen molar-refractivity contribution in [3.8, 4) is 0 Å². The van der Waals surface area contributed by atoms with Crippen LogP contribution in [0.15, 0.2) is 48.5 Å². The van der Waals surface area contributed by atoms with Gasteiger partial charge in [-0.2, -0.15) is 0 Å². The zero-order valence-corrected chi connectivity index (χ0v) is 18.2. The second-order valence-corrected chi connectivity index (χ2v) is 7.79. The lowest BCUT2D eigenvalue weighted by atomic mass is 9.97. The van der Waals surface area contributed by atoms with E-state index in [0.717, 1.165) is 17.5 Å². The Hall–Kier alpha value is -2.77. The van der Waals surface area contributed by atoms with Gasteiger partial charge < -0.3 is 10.2 Å². The van der Waals surface area contributed by atoms with Gasteiger partial charge in [-0.3, -0.25) is 19.8 Å². The van der Waals surface area contributed by atoms with Crippen molar-refractivity contribution in [1.82, 2.24) is 20.4 Å². The van der Waals surface area contributed by atoms with Crippen LogP contribution in [0.3, 0.4) is 0 Å². The molecule has 2 amide bonds. The normalized spacial score (nSPS) is 15.5. The molecule has 1 heterocycles. The van der Waals surface area contributed by atoms with Crippen LogP contribution in [0.2, 0.25) is 0 Å². The Morgan fingerprint density at radius 3 is 2.35 bits per heavy atom. The van der Waals surface area contributed by atoms with Crippen molar-refractivity contribution in [2.45, 2.75) is 19.4 Å². The largest absolute Gasteiger partial charge is 0.358 e. The summed E-state index contributed by atoms with van der Waals surface area (Å²) in [6.07, 6.45) is 0.947. The van der Waals surface area contributed by atoms with Crippen molar-refractivity contribution in [1.29, 1.82) is 0 Å². The molecule has 0 radical (unpaired) electrons. The highest BCUT2D eigenvalue weighted by Crippen LogP contribution is 2.23. The standard InChI is InChI=1S/C24H31FN4O2/c1-3-18-7-9-19(10-8-18)24(20-5-4-6-21(25)15-20)27-16-23(31)29-13-11-28(12-14-29)17-22(30)26-2/h4-10,15,24,27H,3,11-14,16-17H2,1-2H3,(H,26,30)/t24-/m1/s1. The van der Waals surface area contributed by atoms with Gasteiger partial charge in [-0.05, 0) is 35.2 Å². The second kappa shape index (κ2) is 11.0. The van der Waals surface area contributed by atoms with Gasteiger partial charge in [-0.25, -0.2) is 4.39 Å². The number of nitrogens with zero attached hydrogens (tertiary/aromatic N) is 2. The Balaban J connectivity index is 1.63. The van der Waals surface area contributed by atoms with Gasteiger partial charge in [-0.1, -0.05) is 43.3 Å². The quantitative estimate of drug-likeness (QED) is 0.677. The predicted octanol–water partition coefficient (Wildman–Crippen LogP) is 1.96. The van der Waals surface area contributed by atoms with Crippen molar-refractivity contribution in [3.63, 3.8) is 0 Å². The highest BCUT2D eigenvalue weighted by molar-refractivity contribution is 5.79. The Bertz CT molecular complexity index is 879. The highest BCUT2D eigenvalue weighted by Gasteiger charge is 2.23. The van der Waals surface area contributed by atoms with Gasteiger partial charge in [0.05, 0.1) is 19.1 Å². The number of hydrogen-bond acceptors (Lipinski definition) is 4. The van der Waals surface area contributed by atoms with Gasteiger partial charge in [0.2, 0.25) is 11.8 Å². The molecule has 7 heteroatoms. The summed E-state index contributed by atoms with van der Waals surface area (Å²) in [6, 6.07) is 14.4. The van der Waals surface area contributed by atoms with E-state index in [4.69, 9.17) is 0 Å². The minimum atomic E-state index is -0.298. The molecule has 3 rings (SSSR count).